The molecule has 4 amide bonds. The van der Waals surface area contributed by atoms with Crippen LogP contribution in [0.3, 0.4) is 0 Å². The lowest BCUT2D eigenvalue weighted by atomic mass is 9.90. The summed E-state index contributed by atoms with van der Waals surface area (Å²) in [6, 6.07) is 6.32. The molecule has 0 spiro atoms. The average Bonchev–Trinajstić information content (AvgIpc) is 3.98. The molecule has 0 radical (unpaired) electrons. The Hall–Kier alpha value is -3.59. The molecular formula is C41H67N7O6S. The lowest BCUT2D eigenvalue weighted by Crippen LogP contribution is -2.54. The number of nitrogens with zero attached hydrogens (tertiary/aromatic N) is 4. The molecule has 2 aliphatic rings. The van der Waals surface area contributed by atoms with Crippen LogP contribution in [-0.2, 0) is 35.1 Å². The second-order valence-electron chi connectivity index (χ2n) is 15.1. The smallest absolute Gasteiger partial charge is 0.242 e. The molecule has 1 aromatic heterocycles. The summed E-state index contributed by atoms with van der Waals surface area (Å²) in [4.78, 5) is 64.1. The molecular weight excluding hydrogens is 719 g/mol. The number of likely N-dealkylation sites (N-methyl/N-ethyl adjacent to an activating group) is 2. The monoisotopic (exact) mass is 785 g/mol. The van der Waals surface area contributed by atoms with Crippen LogP contribution in [0.2, 0.25) is 0 Å². The molecule has 13 nitrogen and oxygen atoms in total. The number of nitrogens with two attached hydrogens (primary N) is 1. The Bertz CT molecular complexity index is 1480. The summed E-state index contributed by atoms with van der Waals surface area (Å²) in [6.45, 7) is 11.5. The van der Waals surface area contributed by atoms with Crippen molar-refractivity contribution in [3.05, 3.63) is 46.4 Å². The number of thiazole rings is 1. The van der Waals surface area contributed by atoms with Crippen molar-refractivity contribution in [3.8, 4) is 0 Å². The summed E-state index contributed by atoms with van der Waals surface area (Å²) in [7, 11) is 6.79. The lowest BCUT2D eigenvalue weighted by molar-refractivity contribution is -0.146. The molecule has 8 unspecified atom stereocenters. The van der Waals surface area contributed by atoms with Crippen LogP contribution in [0.25, 0.3) is 0 Å². The SMILES string of the molecule is CCC.CCC(C)C(C(CC(=O)N1CCCC1C(OC)C(C)C(=O)NC(Cc1ccc(N)cc1)c1nccs1)OC)N(C)C(=O)CNC(=O)C1CCCN1C. The van der Waals surface area contributed by atoms with Crippen molar-refractivity contribution in [1.82, 2.24) is 30.3 Å². The van der Waals surface area contributed by atoms with Gasteiger partial charge in [-0.15, -0.1) is 11.3 Å². The van der Waals surface area contributed by atoms with Crippen molar-refractivity contribution in [2.45, 2.75) is 122 Å². The molecule has 3 heterocycles. The fourth-order valence-corrected chi connectivity index (χ4v) is 8.46. The molecule has 8 atom stereocenters. The number of aromatic nitrogens is 1. The van der Waals surface area contributed by atoms with Gasteiger partial charge in [-0.1, -0.05) is 59.6 Å². The third-order valence-electron chi connectivity index (χ3n) is 11.0. The zero-order valence-electron chi connectivity index (χ0n) is 34.6. The highest BCUT2D eigenvalue weighted by atomic mass is 32.1. The minimum atomic E-state index is -0.580. The number of carbonyl (C=O) groups excluding carboxylic acids is 4. The number of hydrogen-bond acceptors (Lipinski definition) is 10. The van der Waals surface area contributed by atoms with E-state index in [0.717, 1.165) is 42.8 Å². The maximum atomic E-state index is 14.1. The van der Waals surface area contributed by atoms with Crippen LogP contribution in [0, 0.1) is 11.8 Å². The van der Waals surface area contributed by atoms with E-state index < -0.39 is 24.2 Å². The van der Waals surface area contributed by atoms with Crippen LogP contribution in [-0.4, -0.2) is 122 Å². The Morgan fingerprint density at radius 1 is 1.04 bits per heavy atom. The van der Waals surface area contributed by atoms with Crippen LogP contribution in [0.15, 0.2) is 35.8 Å². The van der Waals surface area contributed by atoms with Crippen molar-refractivity contribution in [3.63, 3.8) is 0 Å². The van der Waals surface area contributed by atoms with Gasteiger partial charge in [-0.25, -0.2) is 4.98 Å². The standard InChI is InChI=1S/C38H59N7O6S.C3H8/c1-8-24(2)34(44(5)33(47)23-41-37(49)30-12-9-18-43(30)4)31(50-6)22-32(46)45-19-10-11-29(45)35(51-7)25(3)36(48)42-28(38-40-17-20-52-38)21-26-13-15-27(39)16-14-26;1-3-2/h13-17,20,24-25,28-31,34-35H,8-12,18-19,21-23,39H2,1-7H3,(H,41,49)(H,42,48);3H2,1-2H3. The number of amides is 4. The van der Waals surface area contributed by atoms with Gasteiger partial charge in [0.05, 0.1) is 55.3 Å². The van der Waals surface area contributed by atoms with Crippen LogP contribution in [0.1, 0.15) is 96.2 Å². The molecule has 0 bridgehead atoms. The van der Waals surface area contributed by atoms with Gasteiger partial charge < -0.3 is 35.6 Å². The molecule has 4 N–H and O–H groups in total. The number of likely N-dealkylation sites (tertiary alicyclic amines) is 2. The van der Waals surface area contributed by atoms with Crippen LogP contribution in [0.4, 0.5) is 5.69 Å². The van der Waals surface area contributed by atoms with E-state index in [1.54, 1.807) is 32.4 Å². The largest absolute Gasteiger partial charge is 0.399 e. The van der Waals surface area contributed by atoms with Gasteiger partial charge in [-0.3, -0.25) is 24.1 Å². The summed E-state index contributed by atoms with van der Waals surface area (Å²) in [5.74, 6) is -1.21. The van der Waals surface area contributed by atoms with Crippen LogP contribution >= 0.6 is 11.3 Å². The second-order valence-corrected chi connectivity index (χ2v) is 16.0. The van der Waals surface area contributed by atoms with E-state index in [0.29, 0.717) is 25.1 Å². The van der Waals surface area contributed by atoms with Crippen LogP contribution in [0.5, 0.6) is 0 Å². The number of hydrogen-bond donors (Lipinski definition) is 3. The zero-order chi connectivity index (χ0) is 40.7. The highest BCUT2D eigenvalue weighted by molar-refractivity contribution is 7.09. The molecule has 4 rings (SSSR count). The van der Waals surface area contributed by atoms with Crippen molar-refractivity contribution < 1.29 is 28.7 Å². The van der Waals surface area contributed by atoms with E-state index >= 15 is 0 Å². The second kappa shape index (κ2) is 22.8. The maximum Gasteiger partial charge on any atom is 0.242 e. The molecule has 2 fully saturated rings. The Kier molecular flexibility index (Phi) is 19.0. The number of benzene rings is 1. The van der Waals surface area contributed by atoms with Gasteiger partial charge in [-0.2, -0.15) is 0 Å². The Morgan fingerprint density at radius 3 is 2.27 bits per heavy atom. The number of anilines is 1. The van der Waals surface area contributed by atoms with Crippen molar-refractivity contribution in [1.29, 1.82) is 0 Å². The molecule has 1 aromatic carbocycles. The first-order chi connectivity index (χ1) is 26.3. The molecule has 2 aromatic rings. The van der Waals surface area contributed by atoms with Gasteiger partial charge in [0, 0.05) is 45.1 Å². The fraction of sp³-hybridized carbons (Fsp3) is 0.683. The normalized spacial score (nSPS) is 20.3. The first-order valence-corrected chi connectivity index (χ1v) is 20.8. The van der Waals surface area contributed by atoms with Gasteiger partial charge in [0.2, 0.25) is 23.6 Å². The molecule has 0 saturated carbocycles. The first-order valence-electron chi connectivity index (χ1n) is 19.9. The van der Waals surface area contributed by atoms with Gasteiger partial charge in [-0.05, 0) is 69.3 Å². The predicted octanol–water partition coefficient (Wildman–Crippen LogP) is 4.67. The molecule has 14 heteroatoms. The van der Waals surface area contributed by atoms with Crippen molar-refractivity contribution in [2.24, 2.45) is 11.8 Å². The third kappa shape index (κ3) is 12.7. The van der Waals surface area contributed by atoms with E-state index in [-0.39, 0.29) is 60.6 Å². The van der Waals surface area contributed by atoms with E-state index in [1.807, 2.05) is 67.3 Å². The van der Waals surface area contributed by atoms with Gasteiger partial charge in [0.15, 0.2) is 0 Å². The molecule has 2 aliphatic heterocycles. The Morgan fingerprint density at radius 2 is 1.71 bits per heavy atom. The minimum absolute atomic E-state index is 0.0206. The Balaban J connectivity index is 0.00000262. The number of nitrogens with one attached hydrogen (secondary N) is 2. The molecule has 2 saturated heterocycles. The fourth-order valence-electron chi connectivity index (χ4n) is 7.77. The van der Waals surface area contributed by atoms with Gasteiger partial charge in [0.1, 0.15) is 5.01 Å². The summed E-state index contributed by atoms with van der Waals surface area (Å²) in [5.41, 5.74) is 7.59. The predicted molar refractivity (Wildman–Crippen MR) is 218 cm³/mol. The van der Waals surface area contributed by atoms with Crippen molar-refractivity contribution in [2.75, 3.05) is 53.7 Å². The van der Waals surface area contributed by atoms with Gasteiger partial charge >= 0.3 is 0 Å². The summed E-state index contributed by atoms with van der Waals surface area (Å²) in [5, 5.41) is 8.73. The summed E-state index contributed by atoms with van der Waals surface area (Å²) in [6.07, 6.45) is 6.44. The topological polar surface area (TPSA) is 159 Å². The first kappa shape index (κ1) is 45.8. The number of nitrogen functional groups attached to an aromatic ring is 1. The van der Waals surface area contributed by atoms with E-state index in [4.69, 9.17) is 15.2 Å². The lowest BCUT2D eigenvalue weighted by Gasteiger charge is -2.39. The zero-order valence-corrected chi connectivity index (χ0v) is 35.4. The summed E-state index contributed by atoms with van der Waals surface area (Å²) >= 11 is 1.49. The number of rotatable bonds is 18. The molecule has 308 valence electrons. The van der Waals surface area contributed by atoms with E-state index in [1.165, 1.54) is 17.8 Å². The summed E-state index contributed by atoms with van der Waals surface area (Å²) < 4.78 is 11.9. The van der Waals surface area contributed by atoms with E-state index in [9.17, 15) is 19.2 Å². The molecule has 55 heavy (non-hydrogen) atoms. The van der Waals surface area contributed by atoms with E-state index in [2.05, 4.69) is 29.5 Å². The van der Waals surface area contributed by atoms with Gasteiger partial charge in [0.25, 0.3) is 0 Å². The average molecular weight is 786 g/mol. The van der Waals surface area contributed by atoms with Crippen molar-refractivity contribution >= 4 is 40.7 Å². The number of methoxy groups -OCH3 is 2. The quantitative estimate of drug-likeness (QED) is 0.183. The molecule has 0 aliphatic carbocycles. The minimum Gasteiger partial charge on any atom is -0.399 e. The Labute approximate surface area is 333 Å². The maximum absolute atomic E-state index is 14.1. The highest BCUT2D eigenvalue weighted by Gasteiger charge is 2.42. The van der Waals surface area contributed by atoms with Crippen LogP contribution < -0.4 is 16.4 Å². The highest BCUT2D eigenvalue weighted by Crippen LogP contribution is 2.30. The number of ether oxygens (including phenoxy) is 2. The number of carbonyl (C=O) groups is 4. The third-order valence-corrected chi connectivity index (χ3v) is 11.9.